The van der Waals surface area contributed by atoms with Crippen LogP contribution in [0.1, 0.15) is 26.5 Å². The van der Waals surface area contributed by atoms with Crippen molar-refractivity contribution in [3.63, 3.8) is 0 Å². The molecule has 7 nitrogen and oxygen atoms in total. The molecule has 0 aromatic carbocycles. The predicted octanol–water partition coefficient (Wildman–Crippen LogP) is 0.937. The van der Waals surface area contributed by atoms with Gasteiger partial charge in [0.05, 0.1) is 11.7 Å². The third-order valence-electron chi connectivity index (χ3n) is 3.84. The van der Waals surface area contributed by atoms with Gasteiger partial charge in [-0.3, -0.25) is 0 Å². The average Bonchev–Trinajstić information content (AvgIpc) is 2.63. The van der Waals surface area contributed by atoms with E-state index in [9.17, 15) is 9.90 Å². The Labute approximate surface area is 118 Å². The molecule has 0 spiro atoms. The molecule has 1 aromatic heterocycles. The monoisotopic (exact) mass is 280 g/mol. The van der Waals surface area contributed by atoms with E-state index in [1.54, 1.807) is 27.1 Å². The first kappa shape index (κ1) is 14.7. The van der Waals surface area contributed by atoms with E-state index in [1.165, 1.54) is 16.1 Å². The molecule has 2 rings (SSSR count). The van der Waals surface area contributed by atoms with Gasteiger partial charge in [0, 0.05) is 20.2 Å². The highest BCUT2D eigenvalue weighted by molar-refractivity contribution is 5.94. The average molecular weight is 280 g/mol. The maximum Gasteiger partial charge on any atom is 0.328 e. The summed E-state index contributed by atoms with van der Waals surface area (Å²) >= 11 is 0. The smallest absolute Gasteiger partial charge is 0.328 e. The number of carbonyl (C=O) groups is 1. The van der Waals surface area contributed by atoms with Crippen LogP contribution in [-0.4, -0.2) is 52.4 Å². The molecule has 2 unspecified atom stereocenters. The SMILES string of the molecule is COC(C)(C)c1cc(N2C(=O)N(C)C(C)C2O)ncn1. The number of aliphatic hydroxyl groups excluding tert-OH is 1. The Balaban J connectivity index is 2.40. The van der Waals surface area contributed by atoms with Crippen LogP contribution in [0, 0.1) is 0 Å². The molecule has 1 N–H and O–H groups in total. The van der Waals surface area contributed by atoms with Crippen molar-refractivity contribution in [1.29, 1.82) is 0 Å². The fourth-order valence-corrected chi connectivity index (χ4v) is 2.02. The van der Waals surface area contributed by atoms with Crippen molar-refractivity contribution in [2.45, 2.75) is 38.6 Å². The van der Waals surface area contributed by atoms with Crippen molar-refractivity contribution in [2.75, 3.05) is 19.1 Å². The zero-order valence-electron chi connectivity index (χ0n) is 12.4. The minimum atomic E-state index is -0.930. The second-order valence-electron chi connectivity index (χ2n) is 5.39. The van der Waals surface area contributed by atoms with E-state index in [0.717, 1.165) is 0 Å². The fraction of sp³-hybridized carbons (Fsp3) is 0.615. The van der Waals surface area contributed by atoms with Crippen LogP contribution in [0.2, 0.25) is 0 Å². The number of rotatable bonds is 3. The molecule has 2 amide bonds. The Morgan fingerprint density at radius 2 is 2.05 bits per heavy atom. The number of anilines is 1. The van der Waals surface area contributed by atoms with Crippen LogP contribution in [0.15, 0.2) is 12.4 Å². The maximum atomic E-state index is 12.2. The van der Waals surface area contributed by atoms with Crippen LogP contribution in [0.25, 0.3) is 0 Å². The number of amides is 2. The Morgan fingerprint density at radius 1 is 1.40 bits per heavy atom. The molecule has 7 heteroatoms. The number of carbonyl (C=O) groups excluding carboxylic acids is 1. The second kappa shape index (κ2) is 4.99. The summed E-state index contributed by atoms with van der Waals surface area (Å²) < 4.78 is 5.37. The third-order valence-corrected chi connectivity index (χ3v) is 3.84. The van der Waals surface area contributed by atoms with E-state index in [0.29, 0.717) is 11.5 Å². The van der Waals surface area contributed by atoms with Crippen LogP contribution in [-0.2, 0) is 10.3 Å². The van der Waals surface area contributed by atoms with Crippen molar-refractivity contribution in [3.05, 3.63) is 18.1 Å². The highest BCUT2D eigenvalue weighted by atomic mass is 16.5. The number of likely N-dealkylation sites (N-methyl/N-ethyl adjacent to an activating group) is 1. The van der Waals surface area contributed by atoms with Gasteiger partial charge >= 0.3 is 6.03 Å². The first-order chi connectivity index (χ1) is 9.29. The van der Waals surface area contributed by atoms with Crippen molar-refractivity contribution >= 4 is 11.8 Å². The predicted molar refractivity (Wildman–Crippen MR) is 73.2 cm³/mol. The molecule has 20 heavy (non-hydrogen) atoms. The summed E-state index contributed by atoms with van der Waals surface area (Å²) in [5.74, 6) is 0.369. The number of hydrogen-bond donors (Lipinski definition) is 1. The summed E-state index contributed by atoms with van der Waals surface area (Å²) in [6, 6.07) is 1.08. The molecular formula is C13H20N4O3. The zero-order valence-corrected chi connectivity index (χ0v) is 12.4. The van der Waals surface area contributed by atoms with Gasteiger partial charge in [-0.05, 0) is 20.8 Å². The van der Waals surface area contributed by atoms with E-state index in [2.05, 4.69) is 9.97 Å². The van der Waals surface area contributed by atoms with Crippen molar-refractivity contribution in [2.24, 2.45) is 0 Å². The highest BCUT2D eigenvalue weighted by Crippen LogP contribution is 2.28. The molecular weight excluding hydrogens is 260 g/mol. The lowest BCUT2D eigenvalue weighted by atomic mass is 10.0. The van der Waals surface area contributed by atoms with Gasteiger partial charge in [-0.15, -0.1) is 0 Å². The molecule has 2 heterocycles. The number of nitrogens with zero attached hydrogens (tertiary/aromatic N) is 4. The van der Waals surface area contributed by atoms with Crippen LogP contribution in [0.4, 0.5) is 10.6 Å². The molecule has 1 fully saturated rings. The number of urea groups is 1. The minimum absolute atomic E-state index is 0.287. The Morgan fingerprint density at radius 3 is 2.55 bits per heavy atom. The summed E-state index contributed by atoms with van der Waals surface area (Å²) in [5.41, 5.74) is 0.0512. The first-order valence-electron chi connectivity index (χ1n) is 6.41. The van der Waals surface area contributed by atoms with Crippen molar-refractivity contribution in [3.8, 4) is 0 Å². The Bertz CT molecular complexity index is 520. The maximum absolute atomic E-state index is 12.2. The van der Waals surface area contributed by atoms with Gasteiger partial charge in [0.2, 0.25) is 0 Å². The van der Waals surface area contributed by atoms with Gasteiger partial charge in [0.1, 0.15) is 17.7 Å². The normalized spacial score (nSPS) is 23.6. The van der Waals surface area contributed by atoms with Crippen molar-refractivity contribution in [1.82, 2.24) is 14.9 Å². The van der Waals surface area contributed by atoms with Gasteiger partial charge in [0.15, 0.2) is 6.23 Å². The van der Waals surface area contributed by atoms with Crippen LogP contribution < -0.4 is 4.90 Å². The summed E-state index contributed by atoms with van der Waals surface area (Å²) in [4.78, 5) is 23.2. The number of hydrogen-bond acceptors (Lipinski definition) is 5. The minimum Gasteiger partial charge on any atom is -0.373 e. The summed E-state index contributed by atoms with van der Waals surface area (Å²) in [5, 5.41) is 10.2. The molecule has 0 bridgehead atoms. The molecule has 2 atom stereocenters. The van der Waals surface area contributed by atoms with E-state index in [-0.39, 0.29) is 12.1 Å². The lowest BCUT2D eigenvalue weighted by Gasteiger charge is -2.24. The quantitative estimate of drug-likeness (QED) is 0.891. The molecule has 1 aliphatic heterocycles. The number of ether oxygens (including phenoxy) is 1. The fourth-order valence-electron chi connectivity index (χ4n) is 2.02. The summed E-state index contributed by atoms with van der Waals surface area (Å²) in [6.07, 6.45) is 0.440. The molecule has 1 saturated heterocycles. The molecule has 1 aromatic rings. The Hall–Kier alpha value is -1.73. The summed E-state index contributed by atoms with van der Waals surface area (Å²) in [6.45, 7) is 5.52. The lowest BCUT2D eigenvalue weighted by molar-refractivity contribution is 0.0154. The second-order valence-corrected chi connectivity index (χ2v) is 5.39. The van der Waals surface area contributed by atoms with Crippen LogP contribution in [0.3, 0.4) is 0 Å². The number of aromatic nitrogens is 2. The van der Waals surface area contributed by atoms with E-state index < -0.39 is 11.8 Å². The third kappa shape index (κ3) is 2.23. The lowest BCUT2D eigenvalue weighted by Crippen LogP contribution is -2.36. The van der Waals surface area contributed by atoms with Crippen LogP contribution >= 0.6 is 0 Å². The van der Waals surface area contributed by atoms with Crippen LogP contribution in [0.5, 0.6) is 0 Å². The molecule has 0 aliphatic carbocycles. The first-order valence-corrected chi connectivity index (χ1v) is 6.41. The standard InChI is InChI=1S/C13H20N4O3/c1-8-11(18)17(12(19)16(8)4)10-6-9(14-7-15-10)13(2,3)20-5/h6-8,11,18H,1-5H3. The van der Waals surface area contributed by atoms with Gasteiger partial charge in [-0.2, -0.15) is 0 Å². The van der Waals surface area contributed by atoms with Gasteiger partial charge < -0.3 is 14.7 Å². The molecule has 0 saturated carbocycles. The number of methoxy groups -OCH3 is 1. The van der Waals surface area contributed by atoms with E-state index >= 15 is 0 Å². The summed E-state index contributed by atoms with van der Waals surface area (Å²) in [7, 11) is 3.24. The van der Waals surface area contributed by atoms with Gasteiger partial charge in [0.25, 0.3) is 0 Å². The van der Waals surface area contributed by atoms with Gasteiger partial charge in [-0.1, -0.05) is 0 Å². The zero-order chi connectivity index (χ0) is 15.1. The number of aliphatic hydroxyl groups is 1. The molecule has 0 radical (unpaired) electrons. The largest absolute Gasteiger partial charge is 0.373 e. The Kier molecular flexibility index (Phi) is 3.66. The van der Waals surface area contributed by atoms with Gasteiger partial charge in [-0.25, -0.2) is 19.7 Å². The molecule has 110 valence electrons. The van der Waals surface area contributed by atoms with Crippen molar-refractivity contribution < 1.29 is 14.6 Å². The topological polar surface area (TPSA) is 78.8 Å². The van der Waals surface area contributed by atoms with E-state index in [4.69, 9.17) is 4.74 Å². The molecule has 1 aliphatic rings. The van der Waals surface area contributed by atoms with E-state index in [1.807, 2.05) is 13.8 Å². The highest BCUT2D eigenvalue weighted by Gasteiger charge is 2.42.